The van der Waals surface area contributed by atoms with Crippen molar-refractivity contribution in [3.05, 3.63) is 11.6 Å². The predicted octanol–water partition coefficient (Wildman–Crippen LogP) is 3.53. The van der Waals surface area contributed by atoms with Crippen LogP contribution in [0.15, 0.2) is 11.6 Å². The zero-order chi connectivity index (χ0) is 7.40. The molecule has 10 heavy (non-hydrogen) atoms. The van der Waals surface area contributed by atoms with Crippen molar-refractivity contribution >= 4 is 0 Å². The van der Waals surface area contributed by atoms with Crippen LogP contribution in [0.5, 0.6) is 0 Å². The first-order valence-electron chi connectivity index (χ1n) is 4.57. The summed E-state index contributed by atoms with van der Waals surface area (Å²) >= 11 is 0. The maximum absolute atomic E-state index is 2.46. The average Bonchev–Trinajstić information content (AvgIpc) is 2.73. The summed E-state index contributed by atoms with van der Waals surface area (Å²) in [5.74, 6) is 0.997. The number of hydrogen-bond acceptors (Lipinski definition) is 0. The smallest absolute Gasteiger partial charge is 0.0203 e. The van der Waals surface area contributed by atoms with Gasteiger partial charge in [-0.25, -0.2) is 0 Å². The molecule has 1 aliphatic rings. The molecule has 58 valence electrons. The number of hydrogen-bond donors (Lipinski definition) is 0. The number of allylic oxidation sites excluding steroid dienone is 2. The van der Waals surface area contributed by atoms with E-state index in [4.69, 9.17) is 0 Å². The molecule has 0 aliphatic heterocycles. The van der Waals surface area contributed by atoms with Crippen LogP contribution >= 0.6 is 0 Å². The van der Waals surface area contributed by atoms with Gasteiger partial charge in [-0.2, -0.15) is 0 Å². The first-order valence-corrected chi connectivity index (χ1v) is 4.57. The van der Waals surface area contributed by atoms with E-state index in [0.717, 1.165) is 5.92 Å². The third-order valence-electron chi connectivity index (χ3n) is 2.21. The van der Waals surface area contributed by atoms with Gasteiger partial charge in [0.1, 0.15) is 0 Å². The molecule has 0 aromatic heterocycles. The first kappa shape index (κ1) is 7.84. The minimum Gasteiger partial charge on any atom is -0.0851 e. The fourth-order valence-corrected chi connectivity index (χ4v) is 1.38. The Morgan fingerprint density at radius 1 is 1.40 bits per heavy atom. The molecule has 1 fully saturated rings. The third kappa shape index (κ3) is 2.17. The molecule has 0 aromatic carbocycles. The van der Waals surface area contributed by atoms with Crippen molar-refractivity contribution in [3.63, 3.8) is 0 Å². The summed E-state index contributed by atoms with van der Waals surface area (Å²) in [5, 5.41) is 0. The molecule has 0 atom stereocenters. The summed E-state index contributed by atoms with van der Waals surface area (Å²) in [4.78, 5) is 0. The molecule has 0 nitrogen and oxygen atoms in total. The Morgan fingerprint density at radius 2 is 2.10 bits per heavy atom. The fraction of sp³-hybridized carbons (Fsp3) is 0.800. The molecule has 0 heterocycles. The molecule has 0 radical (unpaired) electrons. The third-order valence-corrected chi connectivity index (χ3v) is 2.21. The van der Waals surface area contributed by atoms with E-state index in [-0.39, 0.29) is 0 Å². The molecule has 1 aliphatic carbocycles. The van der Waals surface area contributed by atoms with Crippen LogP contribution in [0.4, 0.5) is 0 Å². The molecule has 0 amide bonds. The summed E-state index contributed by atoms with van der Waals surface area (Å²) in [5.41, 5.74) is 1.72. The van der Waals surface area contributed by atoms with Gasteiger partial charge in [0.2, 0.25) is 0 Å². The first-order chi connectivity index (χ1) is 4.88. The number of unbranched alkanes of at least 4 members (excludes halogenated alkanes) is 1. The highest BCUT2D eigenvalue weighted by molar-refractivity contribution is 5.11. The van der Waals surface area contributed by atoms with Crippen LogP contribution in [0.1, 0.15) is 46.0 Å². The summed E-state index contributed by atoms with van der Waals surface area (Å²) in [6.45, 7) is 4.52. The second-order valence-electron chi connectivity index (χ2n) is 3.20. The highest BCUT2D eigenvalue weighted by atomic mass is 14.3. The van der Waals surface area contributed by atoms with Crippen LogP contribution < -0.4 is 0 Å². The Morgan fingerprint density at radius 3 is 2.50 bits per heavy atom. The molecule has 0 bridgehead atoms. The lowest BCUT2D eigenvalue weighted by Crippen LogP contribution is -1.82. The van der Waals surface area contributed by atoms with Crippen molar-refractivity contribution in [2.45, 2.75) is 46.0 Å². The summed E-state index contributed by atoms with van der Waals surface area (Å²) in [7, 11) is 0. The van der Waals surface area contributed by atoms with Gasteiger partial charge in [-0.1, -0.05) is 31.9 Å². The molecule has 0 heteroatoms. The Kier molecular flexibility index (Phi) is 2.98. The van der Waals surface area contributed by atoms with E-state index in [0.29, 0.717) is 0 Å². The molecule has 1 rings (SSSR count). The summed E-state index contributed by atoms with van der Waals surface area (Å²) in [6.07, 6.45) is 9.25. The Bertz CT molecular complexity index is 118. The quantitative estimate of drug-likeness (QED) is 0.521. The van der Waals surface area contributed by atoms with Gasteiger partial charge in [-0.05, 0) is 31.6 Å². The van der Waals surface area contributed by atoms with Crippen LogP contribution in [0.2, 0.25) is 0 Å². The largest absolute Gasteiger partial charge is 0.0851 e. The van der Waals surface area contributed by atoms with Crippen LogP contribution in [0.3, 0.4) is 0 Å². The van der Waals surface area contributed by atoms with Crippen molar-refractivity contribution in [2.75, 3.05) is 0 Å². The van der Waals surface area contributed by atoms with Gasteiger partial charge < -0.3 is 0 Å². The molecule has 1 saturated carbocycles. The van der Waals surface area contributed by atoms with Gasteiger partial charge in [-0.15, -0.1) is 0 Å². The van der Waals surface area contributed by atoms with Gasteiger partial charge in [0.25, 0.3) is 0 Å². The topological polar surface area (TPSA) is 0 Å². The highest BCUT2D eigenvalue weighted by Crippen LogP contribution is 2.38. The average molecular weight is 138 g/mol. The lowest BCUT2D eigenvalue weighted by atomic mass is 10.1. The van der Waals surface area contributed by atoms with Crippen LogP contribution in [-0.4, -0.2) is 0 Å². The minimum atomic E-state index is 0.997. The standard InChI is InChI=1S/C10H18/c1-3-5-6-9(4-2)10-7-8-10/h6,10H,3-5,7-8H2,1-2H3. The van der Waals surface area contributed by atoms with Gasteiger partial charge in [-0.3, -0.25) is 0 Å². The maximum atomic E-state index is 2.46. The monoisotopic (exact) mass is 138 g/mol. The number of rotatable bonds is 4. The normalized spacial score (nSPS) is 19.6. The Labute approximate surface area is 64.3 Å². The van der Waals surface area contributed by atoms with E-state index in [1.165, 1.54) is 32.1 Å². The van der Waals surface area contributed by atoms with Gasteiger partial charge in [0.05, 0.1) is 0 Å². The Balaban J connectivity index is 2.30. The van der Waals surface area contributed by atoms with Crippen molar-refractivity contribution in [3.8, 4) is 0 Å². The molecule has 0 aromatic rings. The summed E-state index contributed by atoms with van der Waals surface area (Å²) in [6, 6.07) is 0. The van der Waals surface area contributed by atoms with Crippen LogP contribution in [0, 0.1) is 5.92 Å². The van der Waals surface area contributed by atoms with Gasteiger partial charge >= 0.3 is 0 Å². The second kappa shape index (κ2) is 3.80. The SMILES string of the molecule is CCCC=C(CC)C1CC1. The predicted molar refractivity (Wildman–Crippen MR) is 46.0 cm³/mol. The summed E-state index contributed by atoms with van der Waals surface area (Å²) < 4.78 is 0. The van der Waals surface area contributed by atoms with Crippen LogP contribution in [-0.2, 0) is 0 Å². The minimum absolute atomic E-state index is 0.997. The Hall–Kier alpha value is -0.260. The van der Waals surface area contributed by atoms with E-state index in [1.54, 1.807) is 5.57 Å². The van der Waals surface area contributed by atoms with E-state index in [2.05, 4.69) is 19.9 Å². The molecular weight excluding hydrogens is 120 g/mol. The fourth-order valence-electron chi connectivity index (χ4n) is 1.38. The maximum Gasteiger partial charge on any atom is -0.0203 e. The van der Waals surface area contributed by atoms with E-state index >= 15 is 0 Å². The molecule has 0 saturated heterocycles. The van der Waals surface area contributed by atoms with Crippen molar-refractivity contribution in [1.82, 2.24) is 0 Å². The molecule has 0 unspecified atom stereocenters. The molecule has 0 N–H and O–H groups in total. The second-order valence-corrected chi connectivity index (χ2v) is 3.20. The molecular formula is C10H18. The van der Waals surface area contributed by atoms with Gasteiger partial charge in [0.15, 0.2) is 0 Å². The van der Waals surface area contributed by atoms with E-state index < -0.39 is 0 Å². The van der Waals surface area contributed by atoms with Crippen molar-refractivity contribution in [2.24, 2.45) is 5.92 Å². The lowest BCUT2D eigenvalue weighted by Gasteiger charge is -1.99. The molecule has 0 spiro atoms. The highest BCUT2D eigenvalue weighted by Gasteiger charge is 2.23. The zero-order valence-corrected chi connectivity index (χ0v) is 7.19. The van der Waals surface area contributed by atoms with Crippen molar-refractivity contribution < 1.29 is 0 Å². The van der Waals surface area contributed by atoms with E-state index in [1.807, 2.05) is 0 Å². The zero-order valence-electron chi connectivity index (χ0n) is 7.19. The van der Waals surface area contributed by atoms with Gasteiger partial charge in [0, 0.05) is 0 Å². The van der Waals surface area contributed by atoms with Crippen LogP contribution in [0.25, 0.3) is 0 Å². The van der Waals surface area contributed by atoms with E-state index in [9.17, 15) is 0 Å². The van der Waals surface area contributed by atoms with Crippen molar-refractivity contribution in [1.29, 1.82) is 0 Å². The lowest BCUT2D eigenvalue weighted by molar-refractivity contribution is 0.866.